The van der Waals surface area contributed by atoms with Gasteiger partial charge < -0.3 is 23.9 Å². The van der Waals surface area contributed by atoms with Crippen LogP contribution < -0.4 is 19.5 Å². The highest BCUT2D eigenvalue weighted by atomic mass is 35.5. The van der Waals surface area contributed by atoms with Crippen LogP contribution in [-0.2, 0) is 6.54 Å². The van der Waals surface area contributed by atoms with Crippen molar-refractivity contribution in [1.29, 1.82) is 0 Å². The minimum absolute atomic E-state index is 0.218. The van der Waals surface area contributed by atoms with E-state index in [0.29, 0.717) is 41.1 Å². The molecule has 0 saturated carbocycles. The van der Waals surface area contributed by atoms with Gasteiger partial charge >= 0.3 is 0 Å². The maximum atomic E-state index is 12.5. The first-order chi connectivity index (χ1) is 13.2. The minimum atomic E-state index is -0.323. The van der Waals surface area contributed by atoms with Crippen molar-refractivity contribution in [3.63, 3.8) is 0 Å². The molecule has 4 rings (SSSR count). The standard InChI is InChI=1S/C20H18ClNO5/c1-24-15-5-2-4-13-10-17(27-18(13)15)20(23)22-11-12-8-14(21)19-16(9-12)25-6-3-7-26-19/h2,4-5,8-10H,3,6-7,11H2,1H3,(H,22,23). The van der Waals surface area contributed by atoms with Crippen molar-refractivity contribution in [2.24, 2.45) is 0 Å². The van der Waals surface area contributed by atoms with Crippen LogP contribution >= 0.6 is 11.6 Å². The summed E-state index contributed by atoms with van der Waals surface area (Å²) < 4.78 is 22.2. The molecule has 2 heterocycles. The van der Waals surface area contributed by atoms with E-state index in [4.69, 9.17) is 30.2 Å². The highest BCUT2D eigenvalue weighted by Gasteiger charge is 2.17. The highest BCUT2D eigenvalue weighted by Crippen LogP contribution is 2.38. The van der Waals surface area contributed by atoms with Gasteiger partial charge in [0.05, 0.1) is 25.3 Å². The Morgan fingerprint density at radius 1 is 1.22 bits per heavy atom. The molecular weight excluding hydrogens is 370 g/mol. The quantitative estimate of drug-likeness (QED) is 0.727. The second-order valence-electron chi connectivity index (χ2n) is 6.13. The first kappa shape index (κ1) is 17.5. The van der Waals surface area contributed by atoms with Crippen LogP contribution in [0.3, 0.4) is 0 Å². The molecule has 0 unspecified atom stereocenters. The number of ether oxygens (including phenoxy) is 3. The smallest absolute Gasteiger partial charge is 0.287 e. The summed E-state index contributed by atoms with van der Waals surface area (Å²) in [5.74, 6) is 1.62. The number of furan rings is 1. The molecule has 27 heavy (non-hydrogen) atoms. The van der Waals surface area contributed by atoms with E-state index in [1.165, 1.54) is 0 Å². The molecule has 1 amide bonds. The first-order valence-corrected chi connectivity index (χ1v) is 8.96. The fraction of sp³-hybridized carbons (Fsp3) is 0.250. The zero-order valence-corrected chi connectivity index (χ0v) is 15.5. The minimum Gasteiger partial charge on any atom is -0.493 e. The lowest BCUT2D eigenvalue weighted by atomic mass is 10.2. The first-order valence-electron chi connectivity index (χ1n) is 8.58. The normalized spacial score (nSPS) is 13.3. The predicted molar refractivity (Wildman–Crippen MR) is 101 cm³/mol. The third-order valence-corrected chi connectivity index (χ3v) is 4.55. The van der Waals surface area contributed by atoms with Gasteiger partial charge in [-0.3, -0.25) is 4.79 Å². The molecule has 140 valence electrons. The van der Waals surface area contributed by atoms with E-state index >= 15 is 0 Å². The number of hydrogen-bond donors (Lipinski definition) is 1. The Balaban J connectivity index is 1.51. The van der Waals surface area contributed by atoms with Gasteiger partial charge in [0, 0.05) is 18.4 Å². The average Bonchev–Trinajstić information content (AvgIpc) is 2.97. The van der Waals surface area contributed by atoms with E-state index in [1.807, 2.05) is 18.2 Å². The van der Waals surface area contributed by atoms with Crippen molar-refractivity contribution in [1.82, 2.24) is 5.32 Å². The number of rotatable bonds is 4. The van der Waals surface area contributed by atoms with Gasteiger partial charge in [-0.05, 0) is 29.8 Å². The topological polar surface area (TPSA) is 69.9 Å². The Kier molecular flexibility index (Phi) is 4.81. The van der Waals surface area contributed by atoms with Crippen molar-refractivity contribution in [2.45, 2.75) is 13.0 Å². The number of methoxy groups -OCH3 is 1. The number of carbonyl (C=O) groups is 1. The van der Waals surface area contributed by atoms with Crippen molar-refractivity contribution >= 4 is 28.5 Å². The molecule has 7 heteroatoms. The van der Waals surface area contributed by atoms with Gasteiger partial charge in [0.2, 0.25) is 0 Å². The number of para-hydroxylation sites is 1. The predicted octanol–water partition coefficient (Wildman–Crippen LogP) is 4.19. The monoisotopic (exact) mass is 387 g/mol. The summed E-state index contributed by atoms with van der Waals surface area (Å²) in [7, 11) is 1.56. The fourth-order valence-corrected chi connectivity index (χ4v) is 3.25. The maximum Gasteiger partial charge on any atom is 0.287 e. The molecule has 0 atom stereocenters. The lowest BCUT2D eigenvalue weighted by molar-refractivity contribution is 0.0925. The molecule has 1 aliphatic heterocycles. The molecule has 0 bridgehead atoms. The van der Waals surface area contributed by atoms with Crippen molar-refractivity contribution < 1.29 is 23.4 Å². The zero-order chi connectivity index (χ0) is 18.8. The molecule has 2 aromatic carbocycles. The van der Waals surface area contributed by atoms with Crippen molar-refractivity contribution in [3.8, 4) is 17.2 Å². The molecule has 1 aliphatic rings. The molecule has 1 aromatic heterocycles. The van der Waals surface area contributed by atoms with E-state index in [2.05, 4.69) is 5.32 Å². The summed E-state index contributed by atoms with van der Waals surface area (Å²) in [4.78, 5) is 12.5. The maximum absolute atomic E-state index is 12.5. The van der Waals surface area contributed by atoms with Gasteiger partial charge in [0.25, 0.3) is 5.91 Å². The van der Waals surface area contributed by atoms with Crippen LogP contribution in [0.15, 0.2) is 40.8 Å². The Morgan fingerprint density at radius 2 is 2.07 bits per heavy atom. The summed E-state index contributed by atoms with van der Waals surface area (Å²) >= 11 is 6.29. The average molecular weight is 388 g/mol. The number of carbonyl (C=O) groups excluding carboxylic acids is 1. The summed E-state index contributed by atoms with van der Waals surface area (Å²) in [5, 5.41) is 4.10. The Bertz CT molecular complexity index is 997. The Labute approximate surface area is 161 Å². The molecule has 0 saturated heterocycles. The van der Waals surface area contributed by atoms with E-state index in [9.17, 15) is 4.79 Å². The number of hydrogen-bond acceptors (Lipinski definition) is 5. The summed E-state index contributed by atoms with van der Waals surface area (Å²) in [6.45, 7) is 1.42. The van der Waals surface area contributed by atoms with Crippen molar-refractivity contribution in [3.05, 3.63) is 52.7 Å². The summed E-state index contributed by atoms with van der Waals surface area (Å²) in [6.07, 6.45) is 0.798. The molecule has 0 fully saturated rings. The van der Waals surface area contributed by atoms with Crippen LogP contribution in [0.4, 0.5) is 0 Å². The van der Waals surface area contributed by atoms with Gasteiger partial charge in [0.15, 0.2) is 28.6 Å². The lowest BCUT2D eigenvalue weighted by Crippen LogP contribution is -2.22. The number of amides is 1. The molecule has 0 radical (unpaired) electrons. The molecule has 6 nitrogen and oxygen atoms in total. The fourth-order valence-electron chi connectivity index (χ4n) is 2.96. The van der Waals surface area contributed by atoms with Crippen LogP contribution in [0.25, 0.3) is 11.0 Å². The number of halogens is 1. The Hall–Kier alpha value is -2.86. The number of benzene rings is 2. The van der Waals surface area contributed by atoms with E-state index in [0.717, 1.165) is 17.4 Å². The second kappa shape index (κ2) is 7.40. The Morgan fingerprint density at radius 3 is 2.93 bits per heavy atom. The van der Waals surface area contributed by atoms with Gasteiger partial charge in [0.1, 0.15) is 0 Å². The molecular formula is C20H18ClNO5. The van der Waals surface area contributed by atoms with Crippen LogP contribution in [0.1, 0.15) is 22.5 Å². The van der Waals surface area contributed by atoms with Gasteiger partial charge in [-0.15, -0.1) is 0 Å². The summed E-state index contributed by atoms with van der Waals surface area (Å²) in [5.41, 5.74) is 1.36. The highest BCUT2D eigenvalue weighted by molar-refractivity contribution is 6.32. The number of nitrogens with one attached hydrogen (secondary N) is 1. The van der Waals surface area contributed by atoms with Crippen LogP contribution in [0.2, 0.25) is 5.02 Å². The van der Waals surface area contributed by atoms with Gasteiger partial charge in [-0.25, -0.2) is 0 Å². The van der Waals surface area contributed by atoms with E-state index in [-0.39, 0.29) is 18.2 Å². The zero-order valence-electron chi connectivity index (χ0n) is 14.7. The largest absolute Gasteiger partial charge is 0.493 e. The molecule has 0 aliphatic carbocycles. The SMILES string of the molecule is COc1cccc2cc(C(=O)NCc3cc(Cl)c4c(c3)OCCCO4)oc12. The van der Waals surface area contributed by atoms with E-state index in [1.54, 1.807) is 25.3 Å². The van der Waals surface area contributed by atoms with E-state index < -0.39 is 0 Å². The molecule has 0 spiro atoms. The van der Waals surface area contributed by atoms with Gasteiger partial charge in [-0.1, -0.05) is 23.7 Å². The number of fused-ring (bicyclic) bond motifs is 2. The third kappa shape index (κ3) is 3.53. The van der Waals surface area contributed by atoms with Crippen LogP contribution in [-0.4, -0.2) is 26.2 Å². The lowest BCUT2D eigenvalue weighted by Gasteiger charge is -2.12. The summed E-state index contributed by atoms with van der Waals surface area (Å²) in [6, 6.07) is 10.8. The van der Waals surface area contributed by atoms with Crippen LogP contribution in [0.5, 0.6) is 17.2 Å². The third-order valence-electron chi connectivity index (χ3n) is 4.27. The second-order valence-corrected chi connectivity index (χ2v) is 6.53. The molecule has 3 aromatic rings. The van der Waals surface area contributed by atoms with Crippen molar-refractivity contribution in [2.75, 3.05) is 20.3 Å². The van der Waals surface area contributed by atoms with Crippen LogP contribution in [0, 0.1) is 0 Å². The van der Waals surface area contributed by atoms with Gasteiger partial charge in [-0.2, -0.15) is 0 Å². The molecule has 1 N–H and O–H groups in total.